The Bertz CT molecular complexity index is 522. The minimum absolute atomic E-state index is 0.787. The van der Waals surface area contributed by atoms with Gasteiger partial charge in [-0.3, -0.25) is 4.98 Å². The van der Waals surface area contributed by atoms with Crippen LogP contribution in [-0.4, -0.2) is 12.1 Å². The molecule has 0 fully saturated rings. The Morgan fingerprint density at radius 2 is 2.28 bits per heavy atom. The van der Waals surface area contributed by atoms with Gasteiger partial charge >= 0.3 is 0 Å². The normalized spacial score (nSPS) is 10.4. The zero-order valence-electron chi connectivity index (χ0n) is 11.0. The number of nitrogens with one attached hydrogen (secondary N) is 1. The van der Waals surface area contributed by atoms with Gasteiger partial charge < -0.3 is 10.1 Å². The van der Waals surface area contributed by atoms with Crippen LogP contribution in [0.5, 0.6) is 5.75 Å². The topological polar surface area (TPSA) is 34.2 Å². The first kappa shape index (κ1) is 12.9. The number of rotatable bonds is 5. The van der Waals surface area contributed by atoms with Crippen LogP contribution in [0.2, 0.25) is 0 Å². The molecule has 0 saturated carbocycles. The number of thiophene rings is 1. The Morgan fingerprint density at radius 1 is 1.44 bits per heavy atom. The van der Waals surface area contributed by atoms with E-state index >= 15 is 0 Å². The summed E-state index contributed by atoms with van der Waals surface area (Å²) in [6.07, 6.45) is 2.83. The smallest absolute Gasteiger partial charge is 0.160 e. The van der Waals surface area contributed by atoms with Gasteiger partial charge in [0.2, 0.25) is 0 Å². The molecule has 2 heterocycles. The lowest BCUT2D eigenvalue weighted by Crippen LogP contribution is -2.02. The summed E-state index contributed by atoms with van der Waals surface area (Å²) in [4.78, 5) is 5.61. The zero-order valence-corrected chi connectivity index (χ0v) is 11.8. The van der Waals surface area contributed by atoms with Crippen LogP contribution in [0.3, 0.4) is 0 Å². The molecule has 0 amide bonds. The van der Waals surface area contributed by atoms with E-state index in [1.165, 1.54) is 10.4 Å². The first-order valence-electron chi connectivity index (χ1n) is 6.04. The molecule has 0 aromatic carbocycles. The molecule has 0 unspecified atom stereocenters. The second-order valence-corrected chi connectivity index (χ2v) is 5.10. The fourth-order valence-corrected chi connectivity index (χ4v) is 2.78. The number of pyridine rings is 1. The molecule has 2 aromatic rings. The van der Waals surface area contributed by atoms with E-state index < -0.39 is 0 Å². The maximum Gasteiger partial charge on any atom is 0.160 e. The first-order chi connectivity index (χ1) is 8.74. The summed E-state index contributed by atoms with van der Waals surface area (Å²) in [5, 5.41) is 5.57. The van der Waals surface area contributed by atoms with Crippen molar-refractivity contribution in [1.82, 2.24) is 4.98 Å². The van der Waals surface area contributed by atoms with Crippen molar-refractivity contribution in [2.75, 3.05) is 12.4 Å². The van der Waals surface area contributed by atoms with Gasteiger partial charge in [0.25, 0.3) is 0 Å². The number of hydrogen-bond acceptors (Lipinski definition) is 4. The van der Waals surface area contributed by atoms with Crippen LogP contribution < -0.4 is 10.1 Å². The number of nitrogens with zero attached hydrogens (tertiary/aromatic N) is 1. The van der Waals surface area contributed by atoms with Crippen molar-refractivity contribution < 1.29 is 4.74 Å². The number of anilines is 1. The molecule has 0 saturated heterocycles. The van der Waals surface area contributed by atoms with E-state index in [2.05, 4.69) is 28.7 Å². The highest BCUT2D eigenvalue weighted by atomic mass is 32.1. The van der Waals surface area contributed by atoms with Crippen molar-refractivity contribution in [1.29, 1.82) is 0 Å². The van der Waals surface area contributed by atoms with Crippen LogP contribution in [0.25, 0.3) is 0 Å². The number of hydrogen-bond donors (Lipinski definition) is 1. The molecule has 1 N–H and O–H groups in total. The molecule has 96 valence electrons. The van der Waals surface area contributed by atoms with Crippen LogP contribution in [0, 0.1) is 6.92 Å². The molecular weight excluding hydrogens is 244 g/mol. The third-order valence-electron chi connectivity index (χ3n) is 2.88. The summed E-state index contributed by atoms with van der Waals surface area (Å²) in [5.41, 5.74) is 3.40. The van der Waals surface area contributed by atoms with Crippen LogP contribution in [0.1, 0.15) is 23.1 Å². The monoisotopic (exact) mass is 262 g/mol. The van der Waals surface area contributed by atoms with Gasteiger partial charge in [0.1, 0.15) is 0 Å². The van der Waals surface area contributed by atoms with Crippen molar-refractivity contribution >= 4 is 17.0 Å². The molecule has 0 atom stereocenters. The Kier molecular flexibility index (Phi) is 4.20. The fraction of sp³-hybridized carbons (Fsp3) is 0.357. The lowest BCUT2D eigenvalue weighted by atomic mass is 10.2. The maximum atomic E-state index is 5.31. The minimum atomic E-state index is 0.787. The van der Waals surface area contributed by atoms with Gasteiger partial charge in [0.15, 0.2) is 5.75 Å². The Morgan fingerprint density at radius 3 is 3.00 bits per heavy atom. The van der Waals surface area contributed by atoms with Crippen LogP contribution in [0.4, 0.5) is 5.69 Å². The van der Waals surface area contributed by atoms with Gasteiger partial charge in [0, 0.05) is 17.1 Å². The number of aromatic nitrogens is 1. The van der Waals surface area contributed by atoms with Crippen molar-refractivity contribution in [3.63, 3.8) is 0 Å². The van der Waals surface area contributed by atoms with E-state index in [1.54, 1.807) is 24.6 Å². The number of methoxy groups -OCH3 is 1. The summed E-state index contributed by atoms with van der Waals surface area (Å²) in [6.45, 7) is 5.00. The highest BCUT2D eigenvalue weighted by Gasteiger charge is 2.06. The van der Waals surface area contributed by atoms with Crippen LogP contribution >= 0.6 is 11.3 Å². The van der Waals surface area contributed by atoms with Crippen molar-refractivity contribution in [3.8, 4) is 5.75 Å². The van der Waals surface area contributed by atoms with Crippen LogP contribution in [0.15, 0.2) is 23.7 Å². The molecule has 3 nitrogen and oxygen atoms in total. The molecule has 0 aliphatic carbocycles. The van der Waals surface area contributed by atoms with E-state index in [0.717, 1.165) is 30.1 Å². The van der Waals surface area contributed by atoms with Crippen molar-refractivity contribution in [2.45, 2.75) is 26.8 Å². The van der Waals surface area contributed by atoms with Crippen molar-refractivity contribution in [2.24, 2.45) is 0 Å². The molecule has 2 aromatic heterocycles. The molecule has 0 aliphatic heterocycles. The molecule has 0 spiro atoms. The maximum absolute atomic E-state index is 5.31. The lowest BCUT2D eigenvalue weighted by molar-refractivity contribution is 0.414. The third-order valence-corrected chi connectivity index (χ3v) is 3.85. The van der Waals surface area contributed by atoms with Gasteiger partial charge in [-0.2, -0.15) is 0 Å². The number of ether oxygens (including phenoxy) is 1. The molecule has 0 bridgehead atoms. The molecule has 4 heteroatoms. The predicted octanol–water partition coefficient (Wildman–Crippen LogP) is 3.63. The highest BCUT2D eigenvalue weighted by molar-refractivity contribution is 7.10. The molecule has 0 radical (unpaired) electrons. The second-order valence-electron chi connectivity index (χ2n) is 4.10. The summed E-state index contributed by atoms with van der Waals surface area (Å²) in [6, 6.07) is 4.20. The largest absolute Gasteiger partial charge is 0.493 e. The zero-order chi connectivity index (χ0) is 13.0. The van der Waals surface area contributed by atoms with E-state index in [9.17, 15) is 0 Å². The summed E-state index contributed by atoms with van der Waals surface area (Å²) in [7, 11) is 1.67. The highest BCUT2D eigenvalue weighted by Crippen LogP contribution is 2.25. The number of aryl methyl sites for hydroxylation is 2. The average Bonchev–Trinajstić information content (AvgIpc) is 2.84. The van der Waals surface area contributed by atoms with E-state index in [4.69, 9.17) is 4.74 Å². The Labute approximate surface area is 112 Å². The predicted molar refractivity (Wildman–Crippen MR) is 76.5 cm³/mol. The average molecular weight is 262 g/mol. The molecule has 18 heavy (non-hydrogen) atoms. The quantitative estimate of drug-likeness (QED) is 0.893. The third kappa shape index (κ3) is 2.82. The van der Waals surface area contributed by atoms with Crippen LogP contribution in [-0.2, 0) is 13.0 Å². The molecule has 2 rings (SSSR count). The molecular formula is C14H18N2OS. The minimum Gasteiger partial charge on any atom is -0.493 e. The standard InChI is InChI=1S/C14H18N2OS/c1-4-11-5-6-18-14(11)9-16-12-7-10(2)15-8-13(12)17-3/h5-8H,4,9H2,1-3H3,(H,15,16). The molecule has 0 aliphatic rings. The van der Waals surface area contributed by atoms with E-state index in [0.29, 0.717) is 0 Å². The van der Waals surface area contributed by atoms with Gasteiger partial charge in [-0.05, 0) is 36.4 Å². The van der Waals surface area contributed by atoms with E-state index in [1.807, 2.05) is 13.0 Å². The SMILES string of the molecule is CCc1ccsc1CNc1cc(C)ncc1OC. The summed E-state index contributed by atoms with van der Waals surface area (Å²) < 4.78 is 5.31. The van der Waals surface area contributed by atoms with Gasteiger partial charge in [0.05, 0.1) is 19.0 Å². The van der Waals surface area contributed by atoms with Gasteiger partial charge in [-0.1, -0.05) is 6.92 Å². The first-order valence-corrected chi connectivity index (χ1v) is 6.92. The van der Waals surface area contributed by atoms with Gasteiger partial charge in [-0.15, -0.1) is 11.3 Å². The Balaban J connectivity index is 2.12. The second kappa shape index (κ2) is 5.87. The fourth-order valence-electron chi connectivity index (χ4n) is 1.86. The Hall–Kier alpha value is -1.55. The van der Waals surface area contributed by atoms with Gasteiger partial charge in [-0.25, -0.2) is 0 Å². The van der Waals surface area contributed by atoms with E-state index in [-0.39, 0.29) is 0 Å². The summed E-state index contributed by atoms with van der Waals surface area (Å²) in [5.74, 6) is 0.787. The van der Waals surface area contributed by atoms with Crippen molar-refractivity contribution in [3.05, 3.63) is 39.8 Å². The lowest BCUT2D eigenvalue weighted by Gasteiger charge is -2.11. The summed E-state index contributed by atoms with van der Waals surface area (Å²) >= 11 is 1.79.